The number of nitrogens with one attached hydrogen (secondary N) is 1. The Hall–Kier alpha value is -0.780. The first-order chi connectivity index (χ1) is 8.52. The van der Waals surface area contributed by atoms with Gasteiger partial charge in [-0.2, -0.15) is 0 Å². The van der Waals surface area contributed by atoms with Crippen LogP contribution in [-0.2, 0) is 10.0 Å². The molecule has 1 aliphatic rings. The highest BCUT2D eigenvalue weighted by atomic mass is 35.5. The van der Waals surface area contributed by atoms with Gasteiger partial charge in [0.25, 0.3) is 0 Å². The van der Waals surface area contributed by atoms with Crippen molar-refractivity contribution in [3.05, 3.63) is 29.8 Å². The fraction of sp³-hybridized carbons (Fsp3) is 0.500. The molecule has 0 saturated carbocycles. The molecule has 2 rings (SSSR count). The molecule has 100 valence electrons. The van der Waals surface area contributed by atoms with Crippen molar-refractivity contribution in [3.8, 4) is 5.75 Å². The Balaban J connectivity index is 2.08. The zero-order valence-electron chi connectivity index (χ0n) is 10.1. The zero-order valence-corrected chi connectivity index (χ0v) is 11.7. The molecular weight excluding hydrogens is 274 g/mol. The fourth-order valence-corrected chi connectivity index (χ4v) is 3.77. The maximum Gasteiger partial charge on any atom is 0.212 e. The van der Waals surface area contributed by atoms with Crippen LogP contribution in [0.2, 0.25) is 0 Å². The van der Waals surface area contributed by atoms with Gasteiger partial charge in [-0.1, -0.05) is 25.1 Å². The van der Waals surface area contributed by atoms with E-state index in [1.54, 1.807) is 0 Å². The molecule has 1 N–H and O–H groups in total. The summed E-state index contributed by atoms with van der Waals surface area (Å²) >= 11 is 5.64. The van der Waals surface area contributed by atoms with Gasteiger partial charge >= 0.3 is 0 Å². The number of alkyl halides is 1. The molecule has 1 aliphatic heterocycles. The number of ether oxygens (including phenoxy) is 1. The van der Waals surface area contributed by atoms with E-state index >= 15 is 0 Å². The molecule has 0 fully saturated rings. The second-order valence-corrected chi connectivity index (χ2v) is 6.67. The molecule has 0 saturated heterocycles. The molecule has 0 radical (unpaired) electrons. The van der Waals surface area contributed by atoms with Crippen molar-refractivity contribution >= 4 is 21.6 Å². The third-order valence-electron chi connectivity index (χ3n) is 2.79. The minimum absolute atomic E-state index is 0.0369. The molecule has 4 nitrogen and oxygen atoms in total. The fourth-order valence-electron chi connectivity index (χ4n) is 1.94. The summed E-state index contributed by atoms with van der Waals surface area (Å²) in [5, 5.41) is 0. The van der Waals surface area contributed by atoms with Gasteiger partial charge in [0.15, 0.2) is 0 Å². The Morgan fingerprint density at radius 3 is 2.94 bits per heavy atom. The van der Waals surface area contributed by atoms with E-state index < -0.39 is 10.0 Å². The molecule has 0 bridgehead atoms. The lowest BCUT2D eigenvalue weighted by molar-refractivity contribution is 0.325. The number of halogens is 1. The molecule has 0 amide bonds. The highest BCUT2D eigenvalue weighted by Crippen LogP contribution is 2.32. The standard InChI is InChI=1S/C12H16ClNO3S/c1-9(6-13)8-18(15,16)14-11-7-17-12-5-3-2-4-10(11)12/h2-5,9,11,14H,6-8H2,1H3. The molecule has 18 heavy (non-hydrogen) atoms. The molecule has 1 heterocycles. The topological polar surface area (TPSA) is 55.4 Å². The maximum absolute atomic E-state index is 11.9. The van der Waals surface area contributed by atoms with Crippen LogP contribution in [0, 0.1) is 5.92 Å². The zero-order chi connectivity index (χ0) is 13.2. The number of fused-ring (bicyclic) bond motifs is 1. The molecule has 0 aromatic heterocycles. The lowest BCUT2D eigenvalue weighted by Crippen LogP contribution is -2.33. The smallest absolute Gasteiger partial charge is 0.212 e. The summed E-state index contributed by atoms with van der Waals surface area (Å²) in [4.78, 5) is 0. The number of sulfonamides is 1. The van der Waals surface area contributed by atoms with Gasteiger partial charge in [0.1, 0.15) is 12.4 Å². The van der Waals surface area contributed by atoms with E-state index in [1.165, 1.54) is 0 Å². The van der Waals surface area contributed by atoms with E-state index in [0.29, 0.717) is 12.5 Å². The van der Waals surface area contributed by atoms with E-state index in [4.69, 9.17) is 16.3 Å². The van der Waals surface area contributed by atoms with E-state index in [2.05, 4.69) is 4.72 Å². The number of rotatable bonds is 5. The number of benzene rings is 1. The Morgan fingerprint density at radius 2 is 2.22 bits per heavy atom. The highest BCUT2D eigenvalue weighted by molar-refractivity contribution is 7.89. The molecular formula is C12H16ClNO3S. The van der Waals surface area contributed by atoms with E-state index in [-0.39, 0.29) is 17.7 Å². The minimum Gasteiger partial charge on any atom is -0.491 e. The van der Waals surface area contributed by atoms with Gasteiger partial charge in [-0.15, -0.1) is 11.6 Å². The third-order valence-corrected chi connectivity index (χ3v) is 4.97. The van der Waals surface area contributed by atoms with Crippen molar-refractivity contribution in [2.24, 2.45) is 5.92 Å². The predicted molar refractivity (Wildman–Crippen MR) is 71.5 cm³/mol. The lowest BCUT2D eigenvalue weighted by Gasteiger charge is -2.14. The van der Waals surface area contributed by atoms with Gasteiger partial charge in [0, 0.05) is 11.4 Å². The molecule has 2 atom stereocenters. The van der Waals surface area contributed by atoms with Gasteiger partial charge in [-0.05, 0) is 12.0 Å². The van der Waals surface area contributed by atoms with E-state index in [9.17, 15) is 8.42 Å². The Kier molecular flexibility index (Phi) is 4.14. The molecule has 6 heteroatoms. The third kappa shape index (κ3) is 3.16. The summed E-state index contributed by atoms with van der Waals surface area (Å²) in [6.45, 7) is 2.15. The quantitative estimate of drug-likeness (QED) is 0.843. The van der Waals surface area contributed by atoms with Gasteiger partial charge in [-0.25, -0.2) is 13.1 Å². The number of hydrogen-bond acceptors (Lipinski definition) is 3. The Labute approximate surface area is 112 Å². The molecule has 2 unspecified atom stereocenters. The van der Waals surface area contributed by atoms with Crippen molar-refractivity contribution in [1.82, 2.24) is 4.72 Å². The van der Waals surface area contributed by atoms with Crippen molar-refractivity contribution < 1.29 is 13.2 Å². The molecule has 0 spiro atoms. The van der Waals surface area contributed by atoms with Gasteiger partial charge in [-0.3, -0.25) is 0 Å². The van der Waals surface area contributed by atoms with Crippen LogP contribution < -0.4 is 9.46 Å². The minimum atomic E-state index is -3.33. The predicted octanol–water partition coefficient (Wildman–Crippen LogP) is 1.91. The summed E-state index contributed by atoms with van der Waals surface area (Å²) in [5.74, 6) is 1.05. The van der Waals surface area contributed by atoms with Crippen LogP contribution in [0.25, 0.3) is 0 Å². The highest BCUT2D eigenvalue weighted by Gasteiger charge is 2.28. The van der Waals surface area contributed by atoms with Crippen LogP contribution in [0.15, 0.2) is 24.3 Å². The van der Waals surface area contributed by atoms with Crippen molar-refractivity contribution in [2.45, 2.75) is 13.0 Å². The van der Waals surface area contributed by atoms with Crippen molar-refractivity contribution in [2.75, 3.05) is 18.2 Å². The van der Waals surface area contributed by atoms with Crippen LogP contribution in [-0.4, -0.2) is 26.7 Å². The number of hydrogen-bond donors (Lipinski definition) is 1. The Morgan fingerprint density at radius 1 is 1.50 bits per heavy atom. The monoisotopic (exact) mass is 289 g/mol. The van der Waals surface area contributed by atoms with Crippen molar-refractivity contribution in [3.63, 3.8) is 0 Å². The summed E-state index contributed by atoms with van der Waals surface area (Å²) < 4.78 is 32.0. The summed E-state index contributed by atoms with van der Waals surface area (Å²) in [6.07, 6.45) is 0. The van der Waals surface area contributed by atoms with Crippen LogP contribution in [0.4, 0.5) is 0 Å². The normalized spacial score (nSPS) is 20.2. The SMILES string of the molecule is CC(CCl)CS(=O)(=O)NC1COc2ccccc21. The van der Waals surface area contributed by atoms with Gasteiger partial charge in [0.05, 0.1) is 11.8 Å². The van der Waals surface area contributed by atoms with Crippen molar-refractivity contribution in [1.29, 1.82) is 0 Å². The first-order valence-corrected chi connectivity index (χ1v) is 7.98. The van der Waals surface area contributed by atoms with E-state index in [1.807, 2.05) is 31.2 Å². The second kappa shape index (κ2) is 5.47. The largest absolute Gasteiger partial charge is 0.491 e. The summed E-state index contributed by atoms with van der Waals surface area (Å²) in [6, 6.07) is 7.15. The molecule has 1 aromatic carbocycles. The summed E-state index contributed by atoms with van der Waals surface area (Å²) in [7, 11) is -3.33. The lowest BCUT2D eigenvalue weighted by atomic mass is 10.1. The average molecular weight is 290 g/mol. The van der Waals surface area contributed by atoms with Gasteiger partial charge in [0.2, 0.25) is 10.0 Å². The molecule has 1 aromatic rings. The van der Waals surface area contributed by atoms with Crippen LogP contribution in [0.1, 0.15) is 18.5 Å². The Bertz CT molecular complexity index is 518. The average Bonchev–Trinajstić information content (AvgIpc) is 2.71. The first-order valence-electron chi connectivity index (χ1n) is 5.79. The molecule has 0 aliphatic carbocycles. The van der Waals surface area contributed by atoms with Crippen LogP contribution in [0.5, 0.6) is 5.75 Å². The summed E-state index contributed by atoms with van der Waals surface area (Å²) in [5.41, 5.74) is 0.889. The van der Waals surface area contributed by atoms with Crippen LogP contribution >= 0.6 is 11.6 Å². The first kappa shape index (κ1) is 13.6. The number of para-hydroxylation sites is 1. The maximum atomic E-state index is 11.9. The second-order valence-electron chi connectivity index (χ2n) is 4.56. The van der Waals surface area contributed by atoms with Gasteiger partial charge < -0.3 is 4.74 Å². The van der Waals surface area contributed by atoms with E-state index in [0.717, 1.165) is 11.3 Å². The van der Waals surface area contributed by atoms with Crippen LogP contribution in [0.3, 0.4) is 0 Å².